The number of hydrogen-bond acceptors (Lipinski definition) is 3. The molecule has 2 saturated heterocycles. The van der Waals surface area contributed by atoms with Crippen molar-refractivity contribution in [1.29, 1.82) is 0 Å². The normalized spacial score (nSPS) is 25.9. The molecule has 0 saturated carbocycles. The highest BCUT2D eigenvalue weighted by Crippen LogP contribution is 2.35. The van der Waals surface area contributed by atoms with Crippen LogP contribution in [0.1, 0.15) is 12.8 Å². The molecule has 0 bridgehead atoms. The van der Waals surface area contributed by atoms with Crippen molar-refractivity contribution in [3.05, 3.63) is 28.7 Å². The summed E-state index contributed by atoms with van der Waals surface area (Å²) in [7, 11) is 0. The van der Waals surface area contributed by atoms with E-state index in [1.54, 1.807) is 0 Å². The minimum Gasteiger partial charge on any atom is -0.492 e. The third-order valence-corrected chi connectivity index (χ3v) is 4.82. The van der Waals surface area contributed by atoms with E-state index in [4.69, 9.17) is 4.74 Å². The average molecular weight is 362 g/mol. The molecule has 2 heterocycles. The van der Waals surface area contributed by atoms with Gasteiger partial charge in [0, 0.05) is 24.1 Å². The zero-order chi connectivity index (χ0) is 13.1. The molecule has 1 atom stereocenters. The first-order valence-electron chi connectivity index (χ1n) is 7.07. The fourth-order valence-electron chi connectivity index (χ4n) is 3.21. The largest absolute Gasteiger partial charge is 0.492 e. The molecule has 1 spiro atoms. The molecule has 1 N–H and O–H groups in total. The summed E-state index contributed by atoms with van der Waals surface area (Å²) >= 11 is 3.46. The fraction of sp³-hybridized carbons (Fsp3) is 0.600. The van der Waals surface area contributed by atoms with Gasteiger partial charge in [-0.2, -0.15) is 0 Å². The van der Waals surface area contributed by atoms with Crippen molar-refractivity contribution in [1.82, 2.24) is 10.2 Å². The summed E-state index contributed by atoms with van der Waals surface area (Å²) in [6.45, 7) is 6.68. The number of hydrogen-bond donors (Lipinski definition) is 1. The van der Waals surface area contributed by atoms with Crippen molar-refractivity contribution in [3.8, 4) is 5.75 Å². The van der Waals surface area contributed by atoms with Crippen LogP contribution in [0.2, 0.25) is 0 Å². The maximum Gasteiger partial charge on any atom is 0.120 e. The summed E-state index contributed by atoms with van der Waals surface area (Å²) in [4.78, 5) is 2.55. The van der Waals surface area contributed by atoms with Crippen LogP contribution in [0.3, 0.4) is 0 Å². The lowest BCUT2D eigenvalue weighted by Gasteiger charge is -2.22. The van der Waals surface area contributed by atoms with Gasteiger partial charge in [-0.3, -0.25) is 4.90 Å². The van der Waals surface area contributed by atoms with Crippen molar-refractivity contribution in [2.45, 2.75) is 12.8 Å². The van der Waals surface area contributed by atoms with Crippen LogP contribution >= 0.6 is 28.3 Å². The van der Waals surface area contributed by atoms with Crippen molar-refractivity contribution in [2.24, 2.45) is 5.41 Å². The number of ether oxygens (including phenoxy) is 1. The summed E-state index contributed by atoms with van der Waals surface area (Å²) in [6, 6.07) is 8.06. The molecule has 1 aromatic carbocycles. The Morgan fingerprint density at radius 2 is 2.25 bits per heavy atom. The third-order valence-electron chi connectivity index (χ3n) is 4.32. The molecule has 0 aromatic heterocycles. The molecule has 1 aromatic rings. The Labute approximate surface area is 135 Å². The lowest BCUT2D eigenvalue weighted by Crippen LogP contribution is -2.31. The van der Waals surface area contributed by atoms with Crippen molar-refractivity contribution >= 4 is 28.3 Å². The molecule has 0 aliphatic carbocycles. The van der Waals surface area contributed by atoms with Gasteiger partial charge < -0.3 is 10.1 Å². The molecule has 0 radical (unpaired) electrons. The number of likely N-dealkylation sites (tertiary alicyclic amines) is 1. The Hall–Kier alpha value is -0.290. The predicted molar refractivity (Wildman–Crippen MR) is 87.9 cm³/mol. The van der Waals surface area contributed by atoms with Crippen molar-refractivity contribution in [3.63, 3.8) is 0 Å². The zero-order valence-corrected chi connectivity index (χ0v) is 14.0. The van der Waals surface area contributed by atoms with Crippen LogP contribution in [0, 0.1) is 5.41 Å². The van der Waals surface area contributed by atoms with Gasteiger partial charge in [0.2, 0.25) is 0 Å². The lowest BCUT2D eigenvalue weighted by molar-refractivity contribution is 0.217. The van der Waals surface area contributed by atoms with Crippen LogP contribution in [0.5, 0.6) is 5.75 Å². The molecule has 2 aliphatic rings. The van der Waals surface area contributed by atoms with Gasteiger partial charge in [-0.05, 0) is 49.5 Å². The second-order valence-corrected chi connectivity index (χ2v) is 6.67. The topological polar surface area (TPSA) is 24.5 Å². The molecule has 2 fully saturated rings. The van der Waals surface area contributed by atoms with Gasteiger partial charge in [0.05, 0.1) is 0 Å². The van der Waals surface area contributed by atoms with Crippen LogP contribution in [0.4, 0.5) is 0 Å². The molecule has 112 valence electrons. The van der Waals surface area contributed by atoms with Crippen LogP contribution < -0.4 is 10.1 Å². The number of benzene rings is 1. The quantitative estimate of drug-likeness (QED) is 0.892. The predicted octanol–water partition coefficient (Wildman–Crippen LogP) is 2.94. The molecule has 1 unspecified atom stereocenters. The standard InChI is InChI=1S/C15H21BrN2O.ClH/c16-13-2-1-3-14(10-13)19-9-8-18-7-5-15(12-18)4-6-17-11-15;/h1-3,10,17H,4-9,11-12H2;1H. The first-order chi connectivity index (χ1) is 9.26. The molecule has 3 rings (SSSR count). The molecule has 2 aliphatic heterocycles. The van der Waals surface area contributed by atoms with Crippen LogP contribution in [0.15, 0.2) is 28.7 Å². The van der Waals surface area contributed by atoms with Gasteiger partial charge in [0.1, 0.15) is 12.4 Å². The summed E-state index contributed by atoms with van der Waals surface area (Å²) in [5, 5.41) is 3.50. The molecule has 0 amide bonds. The Morgan fingerprint density at radius 3 is 3.00 bits per heavy atom. The van der Waals surface area contributed by atoms with Crippen molar-refractivity contribution in [2.75, 3.05) is 39.3 Å². The van der Waals surface area contributed by atoms with E-state index in [-0.39, 0.29) is 12.4 Å². The van der Waals surface area contributed by atoms with Gasteiger partial charge in [0.15, 0.2) is 0 Å². The minimum absolute atomic E-state index is 0. The van der Waals surface area contributed by atoms with Gasteiger partial charge in [-0.15, -0.1) is 12.4 Å². The van der Waals surface area contributed by atoms with E-state index in [1.165, 1.54) is 39.0 Å². The molecular weight excluding hydrogens is 340 g/mol. The van der Waals surface area contributed by atoms with E-state index in [1.807, 2.05) is 24.3 Å². The van der Waals surface area contributed by atoms with E-state index in [2.05, 4.69) is 26.1 Å². The van der Waals surface area contributed by atoms with Gasteiger partial charge in [0.25, 0.3) is 0 Å². The number of rotatable bonds is 4. The zero-order valence-electron chi connectivity index (χ0n) is 11.6. The summed E-state index contributed by atoms with van der Waals surface area (Å²) in [5.41, 5.74) is 0.565. The van der Waals surface area contributed by atoms with Crippen LogP contribution in [0.25, 0.3) is 0 Å². The number of nitrogens with zero attached hydrogens (tertiary/aromatic N) is 1. The van der Waals surface area contributed by atoms with Gasteiger partial charge in [-0.1, -0.05) is 22.0 Å². The first-order valence-corrected chi connectivity index (χ1v) is 7.87. The third kappa shape index (κ3) is 3.88. The maximum absolute atomic E-state index is 5.81. The Morgan fingerprint density at radius 1 is 1.35 bits per heavy atom. The van der Waals surface area contributed by atoms with Gasteiger partial charge >= 0.3 is 0 Å². The van der Waals surface area contributed by atoms with E-state index in [0.717, 1.165) is 23.4 Å². The molecule has 5 heteroatoms. The van der Waals surface area contributed by atoms with Crippen molar-refractivity contribution < 1.29 is 4.74 Å². The van der Waals surface area contributed by atoms with Crippen LogP contribution in [-0.2, 0) is 0 Å². The average Bonchev–Trinajstić information content (AvgIpc) is 3.01. The smallest absolute Gasteiger partial charge is 0.120 e. The monoisotopic (exact) mass is 360 g/mol. The van der Waals surface area contributed by atoms with Gasteiger partial charge in [-0.25, -0.2) is 0 Å². The Kier molecular flexibility index (Phi) is 5.73. The second kappa shape index (κ2) is 7.12. The highest BCUT2D eigenvalue weighted by atomic mass is 79.9. The Bertz CT molecular complexity index is 438. The summed E-state index contributed by atoms with van der Waals surface area (Å²) in [6.07, 6.45) is 2.69. The highest BCUT2D eigenvalue weighted by Gasteiger charge is 2.39. The number of nitrogens with one attached hydrogen (secondary N) is 1. The van der Waals surface area contributed by atoms with E-state index >= 15 is 0 Å². The first kappa shape index (κ1) is 16.1. The summed E-state index contributed by atoms with van der Waals surface area (Å²) < 4.78 is 6.88. The van der Waals surface area contributed by atoms with E-state index < -0.39 is 0 Å². The minimum atomic E-state index is 0. The molecule has 3 nitrogen and oxygen atoms in total. The maximum atomic E-state index is 5.81. The molecular formula is C15H22BrClN2O. The number of halogens is 2. The fourth-order valence-corrected chi connectivity index (χ4v) is 3.59. The SMILES string of the molecule is Brc1cccc(OCCN2CCC3(CCNC3)C2)c1.Cl. The van der Waals surface area contributed by atoms with E-state index in [0.29, 0.717) is 5.41 Å². The second-order valence-electron chi connectivity index (χ2n) is 5.76. The molecule has 20 heavy (non-hydrogen) atoms. The Balaban J connectivity index is 0.00000147. The highest BCUT2D eigenvalue weighted by molar-refractivity contribution is 9.10. The summed E-state index contributed by atoms with van der Waals surface area (Å²) in [5.74, 6) is 0.950. The van der Waals surface area contributed by atoms with Crippen LogP contribution in [-0.4, -0.2) is 44.2 Å². The van der Waals surface area contributed by atoms with E-state index in [9.17, 15) is 0 Å². The lowest BCUT2D eigenvalue weighted by atomic mass is 9.87.